The molecular formula is C20H28N2O. The summed E-state index contributed by atoms with van der Waals surface area (Å²) < 4.78 is 2.30. The monoisotopic (exact) mass is 312 g/mol. The van der Waals surface area contributed by atoms with Crippen molar-refractivity contribution in [2.24, 2.45) is 11.7 Å². The number of primary amides is 1. The number of amides is 1. The largest absolute Gasteiger partial charge is 0.366 e. The minimum atomic E-state index is -0.341. The molecule has 1 heterocycles. The predicted octanol–water partition coefficient (Wildman–Crippen LogP) is 4.87. The molecule has 0 aliphatic heterocycles. The third-order valence-corrected chi connectivity index (χ3v) is 4.59. The maximum absolute atomic E-state index is 11.9. The second kappa shape index (κ2) is 7.03. The molecule has 0 radical (unpaired) electrons. The number of nitrogens with zero attached hydrogens (tertiary/aromatic N) is 1. The van der Waals surface area contributed by atoms with Gasteiger partial charge < -0.3 is 10.3 Å². The van der Waals surface area contributed by atoms with Crippen LogP contribution in [0.2, 0.25) is 0 Å². The van der Waals surface area contributed by atoms with Crippen molar-refractivity contribution < 1.29 is 4.79 Å². The van der Waals surface area contributed by atoms with E-state index in [9.17, 15) is 4.79 Å². The van der Waals surface area contributed by atoms with Crippen molar-refractivity contribution in [2.45, 2.75) is 53.5 Å². The Balaban J connectivity index is 2.59. The number of aromatic nitrogens is 1. The van der Waals surface area contributed by atoms with Gasteiger partial charge in [0.2, 0.25) is 0 Å². The number of hydrogen-bond acceptors (Lipinski definition) is 1. The quantitative estimate of drug-likeness (QED) is 0.813. The van der Waals surface area contributed by atoms with E-state index >= 15 is 0 Å². The van der Waals surface area contributed by atoms with E-state index in [2.05, 4.69) is 37.5 Å². The van der Waals surface area contributed by atoms with E-state index in [1.54, 1.807) is 0 Å². The van der Waals surface area contributed by atoms with Gasteiger partial charge in [0, 0.05) is 11.7 Å². The van der Waals surface area contributed by atoms with Crippen LogP contribution < -0.4 is 5.73 Å². The van der Waals surface area contributed by atoms with Crippen LogP contribution in [0.15, 0.2) is 30.3 Å². The highest BCUT2D eigenvalue weighted by atomic mass is 16.1. The van der Waals surface area contributed by atoms with Gasteiger partial charge in [0.25, 0.3) is 5.91 Å². The molecule has 1 atom stereocenters. The molecule has 2 aromatic rings. The number of hydrogen-bond donors (Lipinski definition) is 1. The Morgan fingerprint density at radius 2 is 1.70 bits per heavy atom. The van der Waals surface area contributed by atoms with Crippen LogP contribution in [0.25, 0.3) is 11.3 Å². The fourth-order valence-electron chi connectivity index (χ4n) is 3.43. The van der Waals surface area contributed by atoms with Crippen molar-refractivity contribution in [1.82, 2.24) is 4.57 Å². The first-order valence-corrected chi connectivity index (χ1v) is 8.41. The van der Waals surface area contributed by atoms with Crippen molar-refractivity contribution >= 4 is 5.91 Å². The molecule has 1 aromatic heterocycles. The lowest BCUT2D eigenvalue weighted by Crippen LogP contribution is -2.14. The van der Waals surface area contributed by atoms with Crippen LogP contribution in [-0.4, -0.2) is 10.5 Å². The molecular weight excluding hydrogens is 284 g/mol. The molecule has 2 rings (SSSR count). The van der Waals surface area contributed by atoms with Gasteiger partial charge in [-0.2, -0.15) is 0 Å². The number of nitrogens with two attached hydrogens (primary N) is 1. The van der Waals surface area contributed by atoms with Gasteiger partial charge in [-0.15, -0.1) is 0 Å². The van der Waals surface area contributed by atoms with Crippen LogP contribution in [-0.2, 0) is 0 Å². The summed E-state index contributed by atoms with van der Waals surface area (Å²) in [4.78, 5) is 11.9. The van der Waals surface area contributed by atoms with Crippen molar-refractivity contribution in [3.63, 3.8) is 0 Å². The van der Waals surface area contributed by atoms with Gasteiger partial charge in [-0.05, 0) is 50.7 Å². The Morgan fingerprint density at radius 3 is 2.22 bits per heavy atom. The van der Waals surface area contributed by atoms with Gasteiger partial charge in [-0.3, -0.25) is 4.79 Å². The van der Waals surface area contributed by atoms with Crippen LogP contribution in [0.5, 0.6) is 0 Å². The first kappa shape index (κ1) is 17.3. The molecule has 0 aliphatic carbocycles. The summed E-state index contributed by atoms with van der Waals surface area (Å²) in [7, 11) is 0. The van der Waals surface area contributed by atoms with E-state index in [1.165, 1.54) is 0 Å². The van der Waals surface area contributed by atoms with Crippen molar-refractivity contribution in [3.8, 4) is 11.3 Å². The van der Waals surface area contributed by atoms with Crippen LogP contribution in [0.3, 0.4) is 0 Å². The van der Waals surface area contributed by atoms with Gasteiger partial charge in [-0.25, -0.2) is 0 Å². The normalized spacial score (nSPS) is 12.6. The molecule has 1 amide bonds. The topological polar surface area (TPSA) is 48.0 Å². The maximum atomic E-state index is 11.9. The highest BCUT2D eigenvalue weighted by Gasteiger charge is 2.24. The summed E-state index contributed by atoms with van der Waals surface area (Å²) >= 11 is 0. The van der Waals surface area contributed by atoms with Crippen molar-refractivity contribution in [3.05, 3.63) is 47.2 Å². The molecule has 23 heavy (non-hydrogen) atoms. The molecule has 124 valence electrons. The van der Waals surface area contributed by atoms with Crippen LogP contribution in [0.4, 0.5) is 0 Å². The van der Waals surface area contributed by atoms with Crippen LogP contribution in [0, 0.1) is 19.8 Å². The number of benzene rings is 1. The molecule has 2 N–H and O–H groups in total. The SMILES string of the molecule is Cc1c(C(N)=O)c(C)n(C(C)CCC(C)C)c1-c1ccccc1. The van der Waals surface area contributed by atoms with Gasteiger partial charge in [0.1, 0.15) is 0 Å². The zero-order valence-corrected chi connectivity index (χ0v) is 14.9. The molecule has 0 spiro atoms. The third-order valence-electron chi connectivity index (χ3n) is 4.59. The van der Waals surface area contributed by atoms with Gasteiger partial charge in [0.15, 0.2) is 0 Å². The van der Waals surface area contributed by atoms with E-state index < -0.39 is 0 Å². The molecule has 0 bridgehead atoms. The maximum Gasteiger partial charge on any atom is 0.250 e. The zero-order valence-electron chi connectivity index (χ0n) is 14.9. The van der Waals surface area contributed by atoms with E-state index in [4.69, 9.17) is 5.73 Å². The average molecular weight is 312 g/mol. The lowest BCUT2D eigenvalue weighted by Gasteiger charge is -2.21. The Morgan fingerprint density at radius 1 is 1.09 bits per heavy atom. The first-order valence-electron chi connectivity index (χ1n) is 8.41. The summed E-state index contributed by atoms with van der Waals surface area (Å²) in [5.41, 5.74) is 10.5. The fourth-order valence-corrected chi connectivity index (χ4v) is 3.43. The smallest absolute Gasteiger partial charge is 0.250 e. The minimum absolute atomic E-state index is 0.333. The van der Waals surface area contributed by atoms with Crippen molar-refractivity contribution in [1.29, 1.82) is 0 Å². The van der Waals surface area contributed by atoms with Crippen LogP contribution >= 0.6 is 0 Å². The second-order valence-corrected chi connectivity index (χ2v) is 6.85. The minimum Gasteiger partial charge on any atom is -0.366 e. The lowest BCUT2D eigenvalue weighted by atomic mass is 10.0. The lowest BCUT2D eigenvalue weighted by molar-refractivity contribution is 0.0999. The Hall–Kier alpha value is -2.03. The van der Waals surface area contributed by atoms with Gasteiger partial charge in [0.05, 0.1) is 11.3 Å². The Bertz CT molecular complexity index is 683. The molecule has 0 saturated carbocycles. The molecule has 1 aromatic carbocycles. The standard InChI is InChI=1S/C20H28N2O/c1-13(2)11-12-14(3)22-16(5)18(20(21)23)15(4)19(22)17-9-7-6-8-10-17/h6-10,13-14H,11-12H2,1-5H3,(H2,21,23). The molecule has 3 heteroatoms. The molecule has 0 aliphatic rings. The number of carbonyl (C=O) groups is 1. The average Bonchev–Trinajstić information content (AvgIpc) is 2.76. The number of rotatable bonds is 6. The highest BCUT2D eigenvalue weighted by Crippen LogP contribution is 2.35. The van der Waals surface area contributed by atoms with Gasteiger partial charge in [-0.1, -0.05) is 44.2 Å². The summed E-state index contributed by atoms with van der Waals surface area (Å²) in [5, 5.41) is 0. The number of carbonyl (C=O) groups excluding carboxylic acids is 1. The molecule has 1 unspecified atom stereocenters. The Labute approximate surface area is 139 Å². The summed E-state index contributed by atoms with van der Waals surface area (Å²) in [6.07, 6.45) is 2.25. The zero-order chi connectivity index (χ0) is 17.1. The van der Waals surface area contributed by atoms with Gasteiger partial charge >= 0.3 is 0 Å². The van der Waals surface area contributed by atoms with E-state index in [-0.39, 0.29) is 5.91 Å². The van der Waals surface area contributed by atoms with E-state index in [0.29, 0.717) is 17.5 Å². The summed E-state index contributed by atoms with van der Waals surface area (Å²) in [5.74, 6) is 0.331. The summed E-state index contributed by atoms with van der Waals surface area (Å²) in [6, 6.07) is 10.6. The highest BCUT2D eigenvalue weighted by molar-refractivity contribution is 5.98. The second-order valence-electron chi connectivity index (χ2n) is 6.85. The first-order chi connectivity index (χ1) is 10.8. The predicted molar refractivity (Wildman–Crippen MR) is 96.6 cm³/mol. The fraction of sp³-hybridized carbons (Fsp3) is 0.450. The third kappa shape index (κ3) is 3.49. The van der Waals surface area contributed by atoms with Crippen LogP contribution in [0.1, 0.15) is 61.3 Å². The van der Waals surface area contributed by atoms with E-state index in [1.807, 2.05) is 32.0 Å². The molecule has 0 saturated heterocycles. The molecule has 3 nitrogen and oxygen atoms in total. The van der Waals surface area contributed by atoms with E-state index in [0.717, 1.165) is 35.4 Å². The Kier molecular flexibility index (Phi) is 5.30. The van der Waals surface area contributed by atoms with Crippen molar-refractivity contribution in [2.75, 3.05) is 0 Å². The summed E-state index contributed by atoms with van der Waals surface area (Å²) in [6.45, 7) is 10.7. The molecule has 0 fully saturated rings.